The summed E-state index contributed by atoms with van der Waals surface area (Å²) >= 11 is 0. The maximum absolute atomic E-state index is 12.2. The van der Waals surface area contributed by atoms with Crippen molar-refractivity contribution < 1.29 is 14.1 Å². The fraction of sp³-hybridized carbons (Fsp3) is 0.0714. The molecule has 1 N–H and O–H groups in total. The quantitative estimate of drug-likeness (QED) is 0.927. The Morgan fingerprint density at radius 2 is 2.00 bits per heavy atom. The van der Waals surface area contributed by atoms with Gasteiger partial charge in [0.2, 0.25) is 0 Å². The van der Waals surface area contributed by atoms with Gasteiger partial charge in [-0.2, -0.15) is 5.26 Å². The lowest BCUT2D eigenvalue weighted by Crippen LogP contribution is -2.01. The molecule has 5 nitrogen and oxygen atoms in total. The number of carbonyl (C=O) groups is 1. The molecule has 0 radical (unpaired) electrons. The number of pyridine rings is 1. The van der Waals surface area contributed by atoms with Crippen molar-refractivity contribution in [2.24, 2.45) is 0 Å². The van der Waals surface area contributed by atoms with Crippen LogP contribution in [0.3, 0.4) is 0 Å². The van der Waals surface area contributed by atoms with E-state index in [0.717, 1.165) is 0 Å². The second-order valence-corrected chi connectivity index (χ2v) is 5.39. The number of nitriles is 1. The van der Waals surface area contributed by atoms with Crippen molar-refractivity contribution in [2.75, 3.05) is 0 Å². The van der Waals surface area contributed by atoms with Crippen LogP contribution in [-0.4, -0.2) is 20.3 Å². The Labute approximate surface area is 118 Å². The molecular weight excluding hydrogens is 276 g/mol. The van der Waals surface area contributed by atoms with Gasteiger partial charge in [0.1, 0.15) is 11.8 Å². The zero-order chi connectivity index (χ0) is 14.5. The first-order valence-electron chi connectivity index (χ1n) is 5.67. The molecule has 2 rings (SSSR count). The van der Waals surface area contributed by atoms with E-state index in [4.69, 9.17) is 10.4 Å². The van der Waals surface area contributed by atoms with E-state index in [1.54, 1.807) is 12.1 Å². The number of rotatable bonds is 4. The summed E-state index contributed by atoms with van der Waals surface area (Å²) in [7, 11) is -1.35. The summed E-state index contributed by atoms with van der Waals surface area (Å²) in [5.41, 5.74) is 1.00. The Balaban J connectivity index is 2.20. The molecule has 0 saturated carbocycles. The summed E-state index contributed by atoms with van der Waals surface area (Å²) in [6, 6.07) is 11.2. The van der Waals surface area contributed by atoms with E-state index < -0.39 is 16.8 Å². The molecule has 100 valence electrons. The Morgan fingerprint density at radius 3 is 2.60 bits per heavy atom. The predicted octanol–water partition coefficient (Wildman–Crippen LogP) is 1.96. The average Bonchev–Trinajstić information content (AvgIpc) is 2.48. The van der Waals surface area contributed by atoms with Gasteiger partial charge in [-0.1, -0.05) is 6.07 Å². The van der Waals surface area contributed by atoms with Crippen LogP contribution in [0.4, 0.5) is 0 Å². The molecule has 0 amide bonds. The van der Waals surface area contributed by atoms with Gasteiger partial charge in [0, 0.05) is 16.7 Å². The molecule has 0 bridgehead atoms. The summed E-state index contributed by atoms with van der Waals surface area (Å²) in [4.78, 5) is 15.2. The van der Waals surface area contributed by atoms with Gasteiger partial charge in [-0.15, -0.1) is 0 Å². The number of hydrogen-bond donors (Lipinski definition) is 1. The van der Waals surface area contributed by atoms with E-state index >= 15 is 0 Å². The Kier molecular flexibility index (Phi) is 4.23. The van der Waals surface area contributed by atoms with Crippen molar-refractivity contribution in [3.8, 4) is 6.07 Å². The number of aromatic carboxylic acids is 1. The SMILES string of the molecule is N#Cc1ncccc1CS(=O)c1ccc(C(=O)O)cc1. The molecule has 0 aliphatic rings. The van der Waals surface area contributed by atoms with Crippen molar-refractivity contribution in [1.82, 2.24) is 4.98 Å². The summed E-state index contributed by atoms with van der Waals surface area (Å²) < 4.78 is 12.2. The molecule has 0 fully saturated rings. The van der Waals surface area contributed by atoms with Crippen LogP contribution < -0.4 is 0 Å². The van der Waals surface area contributed by atoms with E-state index in [9.17, 15) is 9.00 Å². The highest BCUT2D eigenvalue weighted by Gasteiger charge is 2.10. The van der Waals surface area contributed by atoms with Crippen molar-refractivity contribution >= 4 is 16.8 Å². The van der Waals surface area contributed by atoms with Gasteiger partial charge in [-0.05, 0) is 30.3 Å². The van der Waals surface area contributed by atoms with Crippen LogP contribution in [0, 0.1) is 11.3 Å². The number of carboxylic acids is 1. The summed E-state index contributed by atoms with van der Waals surface area (Å²) in [6.45, 7) is 0. The maximum Gasteiger partial charge on any atom is 0.335 e. The summed E-state index contributed by atoms with van der Waals surface area (Å²) in [6.07, 6.45) is 1.51. The Bertz CT molecular complexity index is 705. The van der Waals surface area contributed by atoms with Gasteiger partial charge in [0.05, 0.1) is 22.1 Å². The van der Waals surface area contributed by atoms with Crippen molar-refractivity contribution in [2.45, 2.75) is 10.6 Å². The molecule has 1 atom stereocenters. The molecule has 0 aliphatic heterocycles. The lowest BCUT2D eigenvalue weighted by atomic mass is 10.2. The van der Waals surface area contributed by atoms with Crippen LogP contribution in [0.2, 0.25) is 0 Å². The van der Waals surface area contributed by atoms with E-state index in [1.807, 2.05) is 6.07 Å². The fourth-order valence-corrected chi connectivity index (χ4v) is 2.75. The number of benzene rings is 1. The van der Waals surface area contributed by atoms with Gasteiger partial charge in [0.25, 0.3) is 0 Å². The molecule has 1 unspecified atom stereocenters. The van der Waals surface area contributed by atoms with Crippen LogP contribution in [0.15, 0.2) is 47.5 Å². The van der Waals surface area contributed by atoms with Crippen LogP contribution >= 0.6 is 0 Å². The molecule has 1 aromatic heterocycles. The van der Waals surface area contributed by atoms with Crippen molar-refractivity contribution in [3.63, 3.8) is 0 Å². The molecule has 2 aromatic rings. The first-order valence-corrected chi connectivity index (χ1v) is 6.99. The maximum atomic E-state index is 12.2. The van der Waals surface area contributed by atoms with Gasteiger partial charge in [-0.25, -0.2) is 9.78 Å². The van der Waals surface area contributed by atoms with E-state index in [2.05, 4.69) is 4.98 Å². The highest BCUT2D eigenvalue weighted by Crippen LogP contribution is 2.15. The second kappa shape index (κ2) is 6.08. The minimum absolute atomic E-state index is 0.143. The van der Waals surface area contributed by atoms with Gasteiger partial charge in [-0.3, -0.25) is 4.21 Å². The van der Waals surface area contributed by atoms with Crippen molar-refractivity contribution in [3.05, 3.63) is 59.4 Å². The fourth-order valence-electron chi connectivity index (χ4n) is 1.63. The second-order valence-electron chi connectivity index (χ2n) is 3.94. The monoisotopic (exact) mass is 286 g/mol. The van der Waals surface area contributed by atoms with Gasteiger partial charge >= 0.3 is 5.97 Å². The van der Waals surface area contributed by atoms with E-state index in [1.165, 1.54) is 30.5 Å². The molecule has 0 saturated heterocycles. The lowest BCUT2D eigenvalue weighted by molar-refractivity contribution is 0.0697. The predicted molar refractivity (Wildman–Crippen MR) is 72.5 cm³/mol. The topological polar surface area (TPSA) is 91.0 Å². The van der Waals surface area contributed by atoms with Crippen LogP contribution in [0.5, 0.6) is 0 Å². The number of hydrogen-bond acceptors (Lipinski definition) is 4. The minimum Gasteiger partial charge on any atom is -0.478 e. The van der Waals surface area contributed by atoms with E-state index in [-0.39, 0.29) is 17.0 Å². The first kappa shape index (κ1) is 13.9. The number of nitrogens with zero attached hydrogens (tertiary/aromatic N) is 2. The highest BCUT2D eigenvalue weighted by molar-refractivity contribution is 7.84. The van der Waals surface area contributed by atoms with Crippen molar-refractivity contribution in [1.29, 1.82) is 5.26 Å². The van der Waals surface area contributed by atoms with Gasteiger partial charge < -0.3 is 5.11 Å². The third kappa shape index (κ3) is 3.08. The Hall–Kier alpha value is -2.52. The Morgan fingerprint density at radius 1 is 1.30 bits per heavy atom. The third-order valence-electron chi connectivity index (χ3n) is 2.65. The molecule has 0 spiro atoms. The largest absolute Gasteiger partial charge is 0.478 e. The summed E-state index contributed by atoms with van der Waals surface area (Å²) in [5, 5.41) is 17.7. The molecular formula is C14H10N2O3S. The molecule has 6 heteroatoms. The molecule has 1 heterocycles. The first-order chi connectivity index (χ1) is 9.61. The zero-order valence-electron chi connectivity index (χ0n) is 10.3. The van der Waals surface area contributed by atoms with Crippen LogP contribution in [-0.2, 0) is 16.6 Å². The number of aromatic nitrogens is 1. The zero-order valence-corrected chi connectivity index (χ0v) is 11.1. The smallest absolute Gasteiger partial charge is 0.335 e. The standard InChI is InChI=1S/C14H10N2O3S/c15-8-13-11(2-1-7-16-13)9-20(19)12-5-3-10(4-6-12)14(17)18/h1-7H,9H2,(H,17,18). The van der Waals surface area contributed by atoms with Gasteiger partial charge in [0.15, 0.2) is 0 Å². The van der Waals surface area contributed by atoms with Crippen LogP contribution in [0.1, 0.15) is 21.6 Å². The molecule has 0 aliphatic carbocycles. The average molecular weight is 286 g/mol. The third-order valence-corrected chi connectivity index (χ3v) is 4.02. The minimum atomic E-state index is -1.35. The molecule has 1 aromatic carbocycles. The molecule has 20 heavy (non-hydrogen) atoms. The van der Waals surface area contributed by atoms with E-state index in [0.29, 0.717) is 10.5 Å². The summed E-state index contributed by atoms with van der Waals surface area (Å²) in [5.74, 6) is -0.857. The highest BCUT2D eigenvalue weighted by atomic mass is 32.2. The lowest BCUT2D eigenvalue weighted by Gasteiger charge is -2.04. The number of carboxylic acid groups (broad SMARTS) is 1. The normalized spacial score (nSPS) is 11.6. The van der Waals surface area contributed by atoms with Crippen LogP contribution in [0.25, 0.3) is 0 Å².